The molecule has 0 bridgehead atoms. The molecular formula is C30H41BrN4O9S. The summed E-state index contributed by atoms with van der Waals surface area (Å²) in [6, 6.07) is 6.19. The lowest BCUT2D eigenvalue weighted by molar-refractivity contribution is 0.0342. The summed E-state index contributed by atoms with van der Waals surface area (Å²) in [5.41, 5.74) is 0.145. The highest BCUT2D eigenvalue weighted by atomic mass is 79.9. The number of aromatic amines is 1. The standard InChI is InChI=1S/C30H41BrN4O9S/c1-5-13-44-23-7-6-21(45(37,38)35(12-16-43-18-17-39-2)9-8-34-10-14-42-15-11-34)19-22(23)29-32-28-26(30(36)33-29)24(40-3)20-25(41-4)27(28)31/h6-7,19-20H,5,8-18H2,1-4H3,(H,32,33,36). The Balaban J connectivity index is 1.77. The summed E-state index contributed by atoms with van der Waals surface area (Å²) in [4.78, 5) is 23.2. The summed E-state index contributed by atoms with van der Waals surface area (Å²) in [7, 11) is 0.526. The van der Waals surface area contributed by atoms with Crippen molar-refractivity contribution in [2.75, 3.05) is 93.7 Å². The Hall–Kier alpha value is -2.79. The van der Waals surface area contributed by atoms with Crippen LogP contribution in [0.4, 0.5) is 0 Å². The topological polar surface area (TPSA) is 142 Å². The molecule has 3 aromatic rings. The van der Waals surface area contributed by atoms with Crippen LogP contribution in [0.15, 0.2) is 38.4 Å². The third-order valence-corrected chi connectivity index (χ3v) is 9.94. The zero-order valence-electron chi connectivity index (χ0n) is 26.1. The van der Waals surface area contributed by atoms with Gasteiger partial charge in [0.05, 0.1) is 74.3 Å². The maximum atomic E-state index is 14.2. The van der Waals surface area contributed by atoms with Gasteiger partial charge in [-0.05, 0) is 40.5 Å². The van der Waals surface area contributed by atoms with Gasteiger partial charge in [0.2, 0.25) is 10.0 Å². The fraction of sp³-hybridized carbons (Fsp3) is 0.533. The number of fused-ring (bicyclic) bond motifs is 1. The molecular weight excluding hydrogens is 672 g/mol. The number of aromatic nitrogens is 2. The summed E-state index contributed by atoms with van der Waals surface area (Å²) >= 11 is 3.50. The summed E-state index contributed by atoms with van der Waals surface area (Å²) in [6.07, 6.45) is 0.722. The molecule has 2 heterocycles. The fourth-order valence-electron chi connectivity index (χ4n) is 4.85. The number of hydrogen-bond acceptors (Lipinski definition) is 11. The molecule has 248 valence electrons. The van der Waals surface area contributed by atoms with E-state index >= 15 is 0 Å². The number of benzene rings is 2. The largest absolute Gasteiger partial charge is 0.496 e. The molecule has 0 unspecified atom stereocenters. The summed E-state index contributed by atoms with van der Waals surface area (Å²) in [6.45, 7) is 6.96. The molecule has 45 heavy (non-hydrogen) atoms. The molecule has 1 aliphatic rings. The molecule has 4 rings (SSSR count). The third kappa shape index (κ3) is 8.52. The van der Waals surface area contributed by atoms with Crippen LogP contribution in [-0.2, 0) is 24.2 Å². The predicted molar refractivity (Wildman–Crippen MR) is 173 cm³/mol. The molecule has 0 aliphatic carbocycles. The molecule has 1 saturated heterocycles. The van der Waals surface area contributed by atoms with E-state index in [9.17, 15) is 13.2 Å². The first-order chi connectivity index (χ1) is 21.7. The second kappa shape index (κ2) is 16.7. The van der Waals surface area contributed by atoms with E-state index in [1.165, 1.54) is 30.7 Å². The maximum absolute atomic E-state index is 14.2. The van der Waals surface area contributed by atoms with Crippen molar-refractivity contribution in [2.45, 2.75) is 18.2 Å². The van der Waals surface area contributed by atoms with Crippen molar-refractivity contribution in [3.63, 3.8) is 0 Å². The van der Waals surface area contributed by atoms with Gasteiger partial charge in [0.1, 0.15) is 28.5 Å². The van der Waals surface area contributed by atoms with Crippen LogP contribution in [0.25, 0.3) is 22.3 Å². The van der Waals surface area contributed by atoms with Crippen molar-refractivity contribution in [2.24, 2.45) is 0 Å². The number of hydrogen-bond donors (Lipinski definition) is 1. The highest BCUT2D eigenvalue weighted by molar-refractivity contribution is 9.10. The Labute approximate surface area is 271 Å². The van der Waals surface area contributed by atoms with Crippen molar-refractivity contribution in [1.29, 1.82) is 0 Å². The van der Waals surface area contributed by atoms with Crippen LogP contribution in [0, 0.1) is 0 Å². The molecule has 0 radical (unpaired) electrons. The molecule has 0 saturated carbocycles. The number of methoxy groups -OCH3 is 3. The first kappa shape index (κ1) is 35.1. The van der Waals surface area contributed by atoms with Crippen molar-refractivity contribution in [1.82, 2.24) is 19.2 Å². The molecule has 0 amide bonds. The molecule has 0 spiro atoms. The Morgan fingerprint density at radius 1 is 1.00 bits per heavy atom. The number of nitrogens with zero attached hydrogens (tertiary/aromatic N) is 3. The van der Waals surface area contributed by atoms with Gasteiger partial charge in [-0.25, -0.2) is 13.4 Å². The molecule has 1 aromatic heterocycles. The van der Waals surface area contributed by atoms with Gasteiger partial charge in [0, 0.05) is 45.9 Å². The molecule has 1 aliphatic heterocycles. The van der Waals surface area contributed by atoms with Gasteiger partial charge in [0.15, 0.2) is 0 Å². The second-order valence-electron chi connectivity index (χ2n) is 10.2. The van der Waals surface area contributed by atoms with Gasteiger partial charge in [0.25, 0.3) is 5.56 Å². The van der Waals surface area contributed by atoms with Crippen LogP contribution < -0.4 is 19.8 Å². The maximum Gasteiger partial charge on any atom is 0.262 e. The summed E-state index contributed by atoms with van der Waals surface area (Å²) in [5.74, 6) is 1.22. The third-order valence-electron chi connectivity index (χ3n) is 7.28. The van der Waals surface area contributed by atoms with Crippen LogP contribution in [0.5, 0.6) is 17.2 Å². The first-order valence-corrected chi connectivity index (χ1v) is 17.0. The van der Waals surface area contributed by atoms with Gasteiger partial charge in [-0.2, -0.15) is 4.31 Å². The van der Waals surface area contributed by atoms with Gasteiger partial charge >= 0.3 is 0 Å². The van der Waals surface area contributed by atoms with E-state index in [0.29, 0.717) is 66.6 Å². The zero-order valence-corrected chi connectivity index (χ0v) is 28.5. The lowest BCUT2D eigenvalue weighted by Gasteiger charge is -2.29. The van der Waals surface area contributed by atoms with E-state index in [1.54, 1.807) is 19.2 Å². The number of halogens is 1. The Bertz CT molecular complexity index is 1600. The van der Waals surface area contributed by atoms with Crippen LogP contribution in [-0.4, -0.2) is 121 Å². The highest BCUT2D eigenvalue weighted by Gasteiger charge is 2.28. The van der Waals surface area contributed by atoms with E-state index in [1.807, 2.05) is 6.92 Å². The highest BCUT2D eigenvalue weighted by Crippen LogP contribution is 2.38. The van der Waals surface area contributed by atoms with Crippen LogP contribution in [0.1, 0.15) is 13.3 Å². The molecule has 13 nitrogen and oxygen atoms in total. The first-order valence-electron chi connectivity index (χ1n) is 14.7. The average molecular weight is 714 g/mol. The van der Waals surface area contributed by atoms with E-state index < -0.39 is 15.6 Å². The lowest BCUT2D eigenvalue weighted by Crippen LogP contribution is -2.44. The minimum absolute atomic E-state index is 0.0326. The van der Waals surface area contributed by atoms with E-state index in [4.69, 9.17) is 33.4 Å². The van der Waals surface area contributed by atoms with Crippen molar-refractivity contribution < 1.29 is 36.8 Å². The number of H-pyrrole nitrogens is 1. The molecule has 0 atom stereocenters. The van der Waals surface area contributed by atoms with Gasteiger partial charge < -0.3 is 33.4 Å². The Morgan fingerprint density at radius 2 is 1.76 bits per heavy atom. The SMILES string of the molecule is CCCOc1ccc(S(=O)(=O)N(CCOCCOC)CCN2CCOCC2)cc1-c1nc2c(Br)c(OC)cc(OC)c2c(=O)[nH]1. The van der Waals surface area contributed by atoms with Crippen molar-refractivity contribution in [3.8, 4) is 28.6 Å². The van der Waals surface area contributed by atoms with E-state index in [-0.39, 0.29) is 41.6 Å². The number of sulfonamides is 1. The number of morpholine rings is 1. The number of nitrogens with one attached hydrogen (secondary N) is 1. The van der Waals surface area contributed by atoms with Crippen LogP contribution in [0.2, 0.25) is 0 Å². The minimum Gasteiger partial charge on any atom is -0.496 e. The Morgan fingerprint density at radius 3 is 2.44 bits per heavy atom. The number of ether oxygens (including phenoxy) is 6. The normalized spacial score (nSPS) is 14.3. The van der Waals surface area contributed by atoms with Crippen LogP contribution in [0.3, 0.4) is 0 Å². The monoisotopic (exact) mass is 712 g/mol. The van der Waals surface area contributed by atoms with E-state index in [0.717, 1.165) is 19.5 Å². The number of rotatable bonds is 17. The quantitative estimate of drug-likeness (QED) is 0.206. The molecule has 2 aromatic carbocycles. The van der Waals surface area contributed by atoms with Crippen molar-refractivity contribution in [3.05, 3.63) is 39.1 Å². The van der Waals surface area contributed by atoms with Gasteiger partial charge in [-0.15, -0.1) is 0 Å². The van der Waals surface area contributed by atoms with Gasteiger partial charge in [-0.1, -0.05) is 6.92 Å². The van der Waals surface area contributed by atoms with Crippen molar-refractivity contribution >= 4 is 36.9 Å². The fourth-order valence-corrected chi connectivity index (χ4v) is 6.86. The second-order valence-corrected chi connectivity index (χ2v) is 12.9. The molecule has 15 heteroatoms. The average Bonchev–Trinajstić information content (AvgIpc) is 3.05. The predicted octanol–water partition coefficient (Wildman–Crippen LogP) is 3.14. The summed E-state index contributed by atoms with van der Waals surface area (Å²) < 4.78 is 63.2. The summed E-state index contributed by atoms with van der Waals surface area (Å²) in [5, 5.41) is 0.219. The van der Waals surface area contributed by atoms with Gasteiger partial charge in [-0.3, -0.25) is 9.69 Å². The van der Waals surface area contributed by atoms with E-state index in [2.05, 4.69) is 25.8 Å². The van der Waals surface area contributed by atoms with Crippen LogP contribution >= 0.6 is 15.9 Å². The Kier molecular flexibility index (Phi) is 13.0. The lowest BCUT2D eigenvalue weighted by atomic mass is 10.1. The molecule has 1 N–H and O–H groups in total. The smallest absolute Gasteiger partial charge is 0.262 e. The minimum atomic E-state index is -4.00. The zero-order chi connectivity index (χ0) is 32.4. The molecule has 1 fully saturated rings.